The molecule has 33 heavy (non-hydrogen) atoms. The van der Waals surface area contributed by atoms with Gasteiger partial charge < -0.3 is 9.80 Å². The number of hydrogen-bond acceptors (Lipinski definition) is 2. The molecule has 2 heteroatoms. The molecule has 0 radical (unpaired) electrons. The summed E-state index contributed by atoms with van der Waals surface area (Å²) >= 11 is 0. The highest BCUT2D eigenvalue weighted by Gasteiger charge is 2.24. The molecule has 0 spiro atoms. The van der Waals surface area contributed by atoms with Crippen molar-refractivity contribution in [1.82, 2.24) is 9.80 Å². The van der Waals surface area contributed by atoms with Crippen LogP contribution in [-0.2, 0) is 0 Å². The van der Waals surface area contributed by atoms with Crippen molar-refractivity contribution in [2.75, 3.05) is 13.1 Å². The summed E-state index contributed by atoms with van der Waals surface area (Å²) in [4.78, 5) is 5.36. The quantitative estimate of drug-likeness (QED) is 0.124. The van der Waals surface area contributed by atoms with E-state index < -0.39 is 0 Å². The summed E-state index contributed by atoms with van der Waals surface area (Å²) in [5.41, 5.74) is 0. The van der Waals surface area contributed by atoms with Crippen LogP contribution in [0.15, 0.2) is 12.4 Å². The zero-order valence-corrected chi connectivity index (χ0v) is 23.3. The van der Waals surface area contributed by atoms with Gasteiger partial charge >= 0.3 is 0 Å². The van der Waals surface area contributed by atoms with E-state index in [1.54, 1.807) is 0 Å². The second-order valence-electron chi connectivity index (χ2n) is 10.8. The minimum Gasteiger partial charge on any atom is -0.356 e. The van der Waals surface area contributed by atoms with Crippen molar-refractivity contribution < 1.29 is 0 Å². The van der Waals surface area contributed by atoms with Gasteiger partial charge in [-0.2, -0.15) is 0 Å². The summed E-state index contributed by atoms with van der Waals surface area (Å²) in [6.45, 7) is 9.46. The lowest BCUT2D eigenvalue weighted by molar-refractivity contribution is 0.135. The maximum absolute atomic E-state index is 2.68. The fourth-order valence-electron chi connectivity index (χ4n) is 5.30. The smallest absolute Gasteiger partial charge is 0.101 e. The van der Waals surface area contributed by atoms with Crippen LogP contribution in [0.4, 0.5) is 0 Å². The van der Waals surface area contributed by atoms with Crippen LogP contribution in [0.3, 0.4) is 0 Å². The van der Waals surface area contributed by atoms with Gasteiger partial charge in [0.1, 0.15) is 6.17 Å². The second kappa shape index (κ2) is 23.1. The van der Waals surface area contributed by atoms with Gasteiger partial charge in [-0.05, 0) is 25.7 Å². The highest BCUT2D eigenvalue weighted by Crippen LogP contribution is 2.23. The molecule has 0 fully saturated rings. The van der Waals surface area contributed by atoms with Crippen LogP contribution in [0, 0.1) is 0 Å². The van der Waals surface area contributed by atoms with E-state index in [1.807, 2.05) is 0 Å². The van der Waals surface area contributed by atoms with Gasteiger partial charge in [0.05, 0.1) is 0 Å². The Hall–Kier alpha value is -0.660. The highest BCUT2D eigenvalue weighted by atomic mass is 15.4. The van der Waals surface area contributed by atoms with Crippen LogP contribution < -0.4 is 0 Å². The third-order valence-corrected chi connectivity index (χ3v) is 7.57. The van der Waals surface area contributed by atoms with Crippen molar-refractivity contribution in [1.29, 1.82) is 0 Å². The first kappa shape index (κ1) is 30.4. The predicted octanol–water partition coefficient (Wildman–Crippen LogP) is 10.4. The maximum Gasteiger partial charge on any atom is 0.101 e. The van der Waals surface area contributed by atoms with Crippen LogP contribution in [0.2, 0.25) is 0 Å². The van der Waals surface area contributed by atoms with E-state index in [0.29, 0.717) is 6.17 Å². The van der Waals surface area contributed by atoms with E-state index in [4.69, 9.17) is 0 Å². The molecule has 1 aliphatic heterocycles. The Morgan fingerprint density at radius 2 is 0.697 bits per heavy atom. The first-order valence-corrected chi connectivity index (χ1v) is 15.5. The highest BCUT2D eigenvalue weighted by molar-refractivity contribution is 4.97. The fraction of sp³-hybridized carbons (Fsp3) is 0.935. The predicted molar refractivity (Wildman–Crippen MR) is 150 cm³/mol. The van der Waals surface area contributed by atoms with Gasteiger partial charge in [-0.25, -0.2) is 0 Å². The minimum atomic E-state index is 0.643. The molecule has 0 aliphatic carbocycles. The summed E-state index contributed by atoms with van der Waals surface area (Å²) in [5.74, 6) is 0. The van der Waals surface area contributed by atoms with Crippen LogP contribution in [0.25, 0.3) is 0 Å². The first-order chi connectivity index (χ1) is 16.3. The van der Waals surface area contributed by atoms with Crippen molar-refractivity contribution in [3.8, 4) is 0 Å². The fourth-order valence-corrected chi connectivity index (χ4v) is 5.30. The van der Waals surface area contributed by atoms with E-state index in [1.165, 1.54) is 161 Å². The Balaban J connectivity index is 2.20. The summed E-state index contributed by atoms with van der Waals surface area (Å²) in [5, 5.41) is 0. The van der Waals surface area contributed by atoms with Gasteiger partial charge in [0, 0.05) is 25.5 Å². The molecular formula is C31H62N2. The van der Waals surface area contributed by atoms with E-state index in [0.717, 1.165) is 0 Å². The average molecular weight is 463 g/mol. The van der Waals surface area contributed by atoms with Crippen LogP contribution >= 0.6 is 0 Å². The summed E-state index contributed by atoms with van der Waals surface area (Å²) in [6, 6.07) is 0. The Labute approximate surface area is 210 Å². The van der Waals surface area contributed by atoms with Crippen LogP contribution in [0.5, 0.6) is 0 Å². The molecule has 0 unspecified atom stereocenters. The molecule has 0 bridgehead atoms. The molecular weight excluding hydrogens is 400 g/mol. The third kappa shape index (κ3) is 16.6. The summed E-state index contributed by atoms with van der Waals surface area (Å²) < 4.78 is 0. The van der Waals surface area contributed by atoms with E-state index in [2.05, 4.69) is 43.0 Å². The zero-order valence-electron chi connectivity index (χ0n) is 23.3. The molecule has 0 aromatic carbocycles. The Bertz CT molecular complexity index is 387. The Morgan fingerprint density at radius 3 is 1.06 bits per heavy atom. The number of unbranched alkanes of at least 4 members (excludes halogenated alkanes) is 19. The molecule has 1 heterocycles. The number of hydrogen-bond donors (Lipinski definition) is 0. The van der Waals surface area contributed by atoms with Gasteiger partial charge in [0.15, 0.2) is 0 Å². The average Bonchev–Trinajstić information content (AvgIpc) is 3.21. The standard InChI is InChI=1S/C31H62N2/c1-4-7-10-13-15-17-19-21-24-27-32-29-30-33(31(32)26-23-12-9-6-3)28-25-22-20-18-16-14-11-8-5-2/h29-31H,4-28H2,1-3H3. The lowest BCUT2D eigenvalue weighted by Gasteiger charge is -2.33. The molecule has 0 aromatic rings. The van der Waals surface area contributed by atoms with Gasteiger partial charge in [0.25, 0.3) is 0 Å². The van der Waals surface area contributed by atoms with E-state index in [9.17, 15) is 0 Å². The SMILES string of the molecule is CCCCCCCCCCCN1C=CN(CCCCCCCCCCC)C1CCCCCC. The van der Waals surface area contributed by atoms with Gasteiger partial charge in [0.2, 0.25) is 0 Å². The zero-order chi connectivity index (χ0) is 23.8. The van der Waals surface area contributed by atoms with E-state index in [-0.39, 0.29) is 0 Å². The molecule has 0 amide bonds. The van der Waals surface area contributed by atoms with E-state index >= 15 is 0 Å². The van der Waals surface area contributed by atoms with Crippen LogP contribution in [0.1, 0.15) is 168 Å². The van der Waals surface area contributed by atoms with Gasteiger partial charge in [-0.3, -0.25) is 0 Å². The number of nitrogens with zero attached hydrogens (tertiary/aromatic N) is 2. The molecule has 1 rings (SSSR count). The molecule has 0 atom stereocenters. The molecule has 0 saturated heterocycles. The summed E-state index contributed by atoms with van der Waals surface area (Å²) in [7, 11) is 0. The molecule has 0 saturated carbocycles. The molecule has 196 valence electrons. The molecule has 0 N–H and O–H groups in total. The Kier molecular flexibility index (Phi) is 21.3. The largest absolute Gasteiger partial charge is 0.356 e. The van der Waals surface area contributed by atoms with Crippen LogP contribution in [-0.4, -0.2) is 29.1 Å². The Morgan fingerprint density at radius 1 is 0.394 bits per heavy atom. The topological polar surface area (TPSA) is 6.48 Å². The summed E-state index contributed by atoms with van der Waals surface area (Å²) in [6.07, 6.45) is 38.0. The number of rotatable bonds is 25. The monoisotopic (exact) mass is 462 g/mol. The molecule has 1 aliphatic rings. The van der Waals surface area contributed by atoms with Gasteiger partial charge in [-0.1, -0.05) is 143 Å². The second-order valence-corrected chi connectivity index (χ2v) is 10.8. The third-order valence-electron chi connectivity index (χ3n) is 7.57. The van der Waals surface area contributed by atoms with Gasteiger partial charge in [-0.15, -0.1) is 0 Å². The first-order valence-electron chi connectivity index (χ1n) is 15.5. The maximum atomic E-state index is 2.68. The normalized spacial score (nSPS) is 14.2. The minimum absolute atomic E-state index is 0.643. The van der Waals surface area contributed by atoms with Crippen molar-refractivity contribution >= 4 is 0 Å². The van der Waals surface area contributed by atoms with Crippen molar-refractivity contribution in [3.63, 3.8) is 0 Å². The molecule has 2 nitrogen and oxygen atoms in total. The lowest BCUT2D eigenvalue weighted by Crippen LogP contribution is -2.39. The van der Waals surface area contributed by atoms with Crippen molar-refractivity contribution in [2.24, 2.45) is 0 Å². The lowest BCUT2D eigenvalue weighted by atomic mass is 10.1. The molecule has 0 aromatic heterocycles. The van der Waals surface area contributed by atoms with Crippen molar-refractivity contribution in [3.05, 3.63) is 12.4 Å². The van der Waals surface area contributed by atoms with Crippen molar-refractivity contribution in [2.45, 2.75) is 175 Å².